The second-order valence-corrected chi connectivity index (χ2v) is 5.28. The van der Waals surface area contributed by atoms with Crippen LogP contribution in [-0.2, 0) is 6.54 Å². The zero-order valence-electron chi connectivity index (χ0n) is 12.6. The molecule has 0 heterocycles. The molecule has 21 heavy (non-hydrogen) atoms. The number of halogens is 2. The van der Waals surface area contributed by atoms with Gasteiger partial charge in [0.1, 0.15) is 5.75 Å². The fraction of sp³-hybridized carbons (Fsp3) is 0.533. The van der Waals surface area contributed by atoms with Gasteiger partial charge >= 0.3 is 6.03 Å². The lowest BCUT2D eigenvalue weighted by Gasteiger charge is -2.17. The summed E-state index contributed by atoms with van der Waals surface area (Å²) >= 11 is 0. The molecular weight excluding hydrogens is 278 g/mol. The summed E-state index contributed by atoms with van der Waals surface area (Å²) in [6.45, 7) is 4.42. The van der Waals surface area contributed by atoms with Crippen LogP contribution in [0.5, 0.6) is 5.75 Å². The van der Waals surface area contributed by atoms with Gasteiger partial charge in [-0.1, -0.05) is 26.0 Å². The van der Waals surface area contributed by atoms with Gasteiger partial charge in [0.15, 0.2) is 0 Å². The lowest BCUT2D eigenvalue weighted by Crippen LogP contribution is -2.39. The molecular formula is C15H22F2N2O2. The van der Waals surface area contributed by atoms with Gasteiger partial charge in [-0.15, -0.1) is 0 Å². The van der Waals surface area contributed by atoms with Crippen LogP contribution in [0.4, 0.5) is 13.6 Å². The molecule has 0 aliphatic rings. The van der Waals surface area contributed by atoms with Crippen molar-refractivity contribution < 1.29 is 18.3 Å². The summed E-state index contributed by atoms with van der Waals surface area (Å²) in [5, 5.41) is 2.59. The first kappa shape index (κ1) is 17.2. The molecule has 0 aliphatic heterocycles. The highest BCUT2D eigenvalue weighted by Crippen LogP contribution is 2.14. The minimum absolute atomic E-state index is 0.269. The summed E-state index contributed by atoms with van der Waals surface area (Å²) in [6, 6.07) is 6.82. The van der Waals surface area contributed by atoms with E-state index in [0.717, 1.165) is 16.2 Å². The van der Waals surface area contributed by atoms with Crippen LogP contribution in [0.15, 0.2) is 24.3 Å². The van der Waals surface area contributed by atoms with Crippen molar-refractivity contribution in [2.45, 2.75) is 26.8 Å². The average molecular weight is 300 g/mol. The highest BCUT2D eigenvalue weighted by molar-refractivity contribution is 5.73. The first-order chi connectivity index (χ1) is 9.88. The molecule has 0 aliphatic carbocycles. The Balaban J connectivity index is 2.48. The zero-order valence-corrected chi connectivity index (χ0v) is 12.6. The highest BCUT2D eigenvalue weighted by Gasteiger charge is 2.13. The van der Waals surface area contributed by atoms with Gasteiger partial charge in [-0.3, -0.25) is 0 Å². The van der Waals surface area contributed by atoms with Gasteiger partial charge in [0.2, 0.25) is 0 Å². The molecule has 0 spiro atoms. The summed E-state index contributed by atoms with van der Waals surface area (Å²) in [6.07, 6.45) is -2.53. The molecule has 0 fully saturated rings. The first-order valence-corrected chi connectivity index (χ1v) is 6.87. The summed E-state index contributed by atoms with van der Waals surface area (Å²) in [7, 11) is 1.34. The molecule has 0 radical (unpaired) electrons. The molecule has 4 nitrogen and oxygen atoms in total. The van der Waals surface area contributed by atoms with E-state index in [1.807, 2.05) is 24.3 Å². The standard InChI is InChI=1S/C15H22F2N2O2/c1-11(2)10-21-13-6-4-5-12(7-13)8-18-15(20)19(3)9-14(16)17/h4-7,11,14H,8-10H2,1-3H3,(H,18,20). The van der Waals surface area contributed by atoms with E-state index < -0.39 is 19.0 Å². The fourth-order valence-corrected chi connectivity index (χ4v) is 1.61. The lowest BCUT2D eigenvalue weighted by atomic mass is 10.2. The molecule has 1 aromatic carbocycles. The van der Waals surface area contributed by atoms with Crippen molar-refractivity contribution in [3.63, 3.8) is 0 Å². The number of carbonyl (C=O) groups excluding carboxylic acids is 1. The molecule has 6 heteroatoms. The summed E-state index contributed by atoms with van der Waals surface area (Å²) in [5.41, 5.74) is 0.857. The Morgan fingerprint density at radius 1 is 1.38 bits per heavy atom. The molecule has 1 N–H and O–H groups in total. The number of hydrogen-bond acceptors (Lipinski definition) is 2. The number of urea groups is 1. The maximum absolute atomic E-state index is 12.2. The minimum atomic E-state index is -2.53. The van der Waals surface area contributed by atoms with E-state index in [1.54, 1.807) is 0 Å². The SMILES string of the molecule is CC(C)COc1cccc(CNC(=O)N(C)CC(F)F)c1. The molecule has 1 rings (SSSR count). The van der Waals surface area contributed by atoms with E-state index in [9.17, 15) is 13.6 Å². The second-order valence-electron chi connectivity index (χ2n) is 5.28. The van der Waals surface area contributed by atoms with Crippen LogP contribution in [0.1, 0.15) is 19.4 Å². The molecule has 118 valence electrons. The number of rotatable bonds is 7. The highest BCUT2D eigenvalue weighted by atomic mass is 19.3. The molecule has 0 saturated carbocycles. The predicted molar refractivity (Wildman–Crippen MR) is 77.6 cm³/mol. The Kier molecular flexibility index (Phi) is 6.91. The van der Waals surface area contributed by atoms with E-state index in [2.05, 4.69) is 19.2 Å². The van der Waals surface area contributed by atoms with Crippen molar-refractivity contribution in [3.05, 3.63) is 29.8 Å². The number of nitrogens with one attached hydrogen (secondary N) is 1. The largest absolute Gasteiger partial charge is 0.493 e. The van der Waals surface area contributed by atoms with Crippen molar-refractivity contribution in [1.29, 1.82) is 0 Å². The van der Waals surface area contributed by atoms with E-state index >= 15 is 0 Å². The summed E-state index contributed by atoms with van der Waals surface area (Å²) < 4.78 is 29.9. The Labute approximate surface area is 124 Å². The Bertz CT molecular complexity index is 453. The van der Waals surface area contributed by atoms with Gasteiger partial charge in [0.05, 0.1) is 13.2 Å². The zero-order chi connectivity index (χ0) is 15.8. The van der Waals surface area contributed by atoms with Crippen LogP contribution in [0.2, 0.25) is 0 Å². The normalized spacial score (nSPS) is 10.8. The third kappa shape index (κ3) is 6.92. The van der Waals surface area contributed by atoms with Crippen LogP contribution in [-0.4, -0.2) is 37.6 Å². The van der Waals surface area contributed by atoms with Crippen LogP contribution in [0.3, 0.4) is 0 Å². The van der Waals surface area contributed by atoms with Gasteiger partial charge in [0, 0.05) is 13.6 Å². The van der Waals surface area contributed by atoms with Crippen LogP contribution in [0, 0.1) is 5.92 Å². The van der Waals surface area contributed by atoms with E-state index in [-0.39, 0.29) is 6.54 Å². The summed E-state index contributed by atoms with van der Waals surface area (Å²) in [4.78, 5) is 12.6. The average Bonchev–Trinajstić information content (AvgIpc) is 2.42. The molecule has 0 unspecified atom stereocenters. The number of carbonyl (C=O) groups is 1. The van der Waals surface area contributed by atoms with E-state index in [4.69, 9.17) is 4.74 Å². The van der Waals surface area contributed by atoms with Crippen molar-refractivity contribution in [2.75, 3.05) is 20.2 Å². The molecule has 1 aromatic rings. The number of amides is 2. The number of hydrogen-bond donors (Lipinski definition) is 1. The molecule has 2 amide bonds. The van der Waals surface area contributed by atoms with Gasteiger partial charge in [-0.2, -0.15) is 0 Å². The fourth-order valence-electron chi connectivity index (χ4n) is 1.61. The van der Waals surface area contributed by atoms with Crippen molar-refractivity contribution in [3.8, 4) is 5.75 Å². The van der Waals surface area contributed by atoms with Crippen LogP contribution in [0.25, 0.3) is 0 Å². The molecule has 0 saturated heterocycles. The maximum Gasteiger partial charge on any atom is 0.317 e. The lowest BCUT2D eigenvalue weighted by molar-refractivity contribution is 0.108. The van der Waals surface area contributed by atoms with Gasteiger partial charge in [0.25, 0.3) is 6.43 Å². The number of alkyl halides is 2. The third-order valence-electron chi connectivity index (χ3n) is 2.68. The monoisotopic (exact) mass is 300 g/mol. The van der Waals surface area contributed by atoms with Gasteiger partial charge in [-0.05, 0) is 23.6 Å². The Morgan fingerprint density at radius 2 is 2.10 bits per heavy atom. The maximum atomic E-state index is 12.2. The number of nitrogens with zero attached hydrogens (tertiary/aromatic N) is 1. The minimum Gasteiger partial charge on any atom is -0.493 e. The molecule has 0 atom stereocenters. The topological polar surface area (TPSA) is 41.6 Å². The Morgan fingerprint density at radius 3 is 2.71 bits per heavy atom. The second kappa shape index (κ2) is 8.44. The third-order valence-corrected chi connectivity index (χ3v) is 2.68. The smallest absolute Gasteiger partial charge is 0.317 e. The van der Waals surface area contributed by atoms with Gasteiger partial charge < -0.3 is 15.0 Å². The van der Waals surface area contributed by atoms with Crippen molar-refractivity contribution in [2.24, 2.45) is 5.92 Å². The summed E-state index contributed by atoms with van der Waals surface area (Å²) in [5.74, 6) is 1.16. The predicted octanol–water partition coefficient (Wildman–Crippen LogP) is 3.13. The van der Waals surface area contributed by atoms with Crippen LogP contribution < -0.4 is 10.1 Å². The van der Waals surface area contributed by atoms with Crippen LogP contribution >= 0.6 is 0 Å². The quantitative estimate of drug-likeness (QED) is 0.840. The number of ether oxygens (including phenoxy) is 1. The molecule has 0 bridgehead atoms. The Hall–Kier alpha value is -1.85. The number of benzene rings is 1. The van der Waals surface area contributed by atoms with Crippen molar-refractivity contribution >= 4 is 6.03 Å². The first-order valence-electron chi connectivity index (χ1n) is 6.87. The van der Waals surface area contributed by atoms with E-state index in [1.165, 1.54) is 7.05 Å². The molecule has 0 aromatic heterocycles. The van der Waals surface area contributed by atoms with E-state index in [0.29, 0.717) is 12.5 Å². The van der Waals surface area contributed by atoms with Gasteiger partial charge in [-0.25, -0.2) is 13.6 Å². The van der Waals surface area contributed by atoms with Crippen molar-refractivity contribution in [1.82, 2.24) is 10.2 Å².